The third-order valence-corrected chi connectivity index (χ3v) is 26.0. The summed E-state index contributed by atoms with van der Waals surface area (Å²) in [5.41, 5.74) is 37.4. The second-order valence-electron chi connectivity index (χ2n) is 35.1. The first kappa shape index (κ1) is 85.0. The summed E-state index contributed by atoms with van der Waals surface area (Å²) < 4.78 is 19.3. The van der Waals surface area contributed by atoms with Gasteiger partial charge in [-0.15, -0.1) is 0 Å². The van der Waals surface area contributed by atoms with Crippen LogP contribution in [-0.4, -0.2) is 29.9 Å². The molecule has 141 heavy (non-hydrogen) atoms. The van der Waals surface area contributed by atoms with Crippen molar-refractivity contribution in [2.45, 2.75) is 0 Å². The van der Waals surface area contributed by atoms with Crippen LogP contribution in [0.1, 0.15) is 0 Å². The lowest BCUT2D eigenvalue weighted by Crippen LogP contribution is -1.96. The van der Waals surface area contributed by atoms with E-state index >= 15 is 0 Å². The molecule has 0 saturated carbocycles. The molecular weight excluding hydrogens is 1720 g/mol. The van der Waals surface area contributed by atoms with Crippen molar-refractivity contribution in [3.8, 4) is 190 Å². The Labute approximate surface area is 815 Å². The average Bonchev–Trinajstić information content (AvgIpc) is 1.62. The summed E-state index contributed by atoms with van der Waals surface area (Å²) in [5, 5.41) is 5.74. The molecule has 9 nitrogen and oxygen atoms in total. The molecule has 0 amide bonds. The van der Waals surface area contributed by atoms with E-state index in [4.69, 9.17) is 43.2 Å². The van der Waals surface area contributed by atoms with Crippen LogP contribution in [0.5, 0.6) is 0 Å². The first-order valence-electron chi connectivity index (χ1n) is 47.4. The predicted octanol–water partition coefficient (Wildman–Crippen LogP) is 35.5. The van der Waals surface area contributed by atoms with E-state index in [1.54, 1.807) is 0 Å². The maximum Gasteiger partial charge on any atom is 0.231 e. The van der Waals surface area contributed by atoms with Crippen LogP contribution < -0.4 is 0 Å². The van der Waals surface area contributed by atoms with Crippen molar-refractivity contribution in [3.05, 3.63) is 522 Å². The number of nitrogens with zero attached hydrogens (tertiary/aromatic N) is 6. The molecule has 0 N–H and O–H groups in total. The van der Waals surface area contributed by atoms with Gasteiger partial charge in [-0.25, -0.2) is 15.0 Å². The van der Waals surface area contributed by atoms with E-state index in [0.717, 1.165) is 211 Å². The van der Waals surface area contributed by atoms with Gasteiger partial charge < -0.3 is 13.3 Å². The fraction of sp³-hybridized carbons (Fsp3) is 0. The monoisotopic (exact) mass is 1800 g/mol. The SMILES string of the molecule is c1ccc(-c2cc(-c3ccccc3)cc(-c3nc(-c4cc(-c5ccccc5)cc(-c5ccccc5)c4)c4c(n3)oc3ccccc34)c2)cc1.c1ccc(-c2cccc(-c3cccc(-c4nc(-c5cc(-c6ccccc6)cc(-c6ccccc6)c5)nc5oc6ccccc6c45)c3)c2)cc1.c1ccc(-c2cccc(-c3nc(-c4cc(-c5ccccc5)cc(-c5ccccc5)c4)c4c(n3)oc3ccccc34)c2)cc1. The maximum absolute atomic E-state index is 6.49. The minimum atomic E-state index is 0.568. The normalized spacial score (nSPS) is 11.3. The van der Waals surface area contributed by atoms with Gasteiger partial charge in [-0.2, -0.15) is 15.0 Å². The van der Waals surface area contributed by atoms with Crippen LogP contribution in [0.25, 0.3) is 257 Å². The fourth-order valence-electron chi connectivity index (χ4n) is 19.1. The van der Waals surface area contributed by atoms with Gasteiger partial charge in [0.05, 0.1) is 33.2 Å². The highest BCUT2D eigenvalue weighted by Gasteiger charge is 2.26. The Bertz CT molecular complexity index is 8830. The molecule has 20 aromatic carbocycles. The third kappa shape index (κ3) is 17.6. The van der Waals surface area contributed by atoms with E-state index in [1.165, 1.54) is 11.1 Å². The molecule has 6 aromatic heterocycles. The van der Waals surface area contributed by atoms with Crippen LogP contribution in [0, 0.1) is 0 Å². The van der Waals surface area contributed by atoms with Gasteiger partial charge in [0.2, 0.25) is 17.1 Å². The minimum Gasteiger partial charge on any atom is -0.438 e. The van der Waals surface area contributed by atoms with Gasteiger partial charge in [0.15, 0.2) is 17.5 Å². The zero-order valence-corrected chi connectivity index (χ0v) is 76.6. The van der Waals surface area contributed by atoms with Gasteiger partial charge in [-0.1, -0.05) is 413 Å². The molecule has 9 heteroatoms. The molecule has 0 aliphatic carbocycles. The molecule has 0 aliphatic rings. The minimum absolute atomic E-state index is 0.568. The quantitative estimate of drug-likeness (QED) is 0.0878. The van der Waals surface area contributed by atoms with Crippen molar-refractivity contribution in [1.82, 2.24) is 29.9 Å². The molecule has 6 heterocycles. The molecule has 0 spiro atoms. The first-order valence-corrected chi connectivity index (χ1v) is 47.4. The van der Waals surface area contributed by atoms with Crippen LogP contribution in [0.3, 0.4) is 0 Å². The number of para-hydroxylation sites is 3. The van der Waals surface area contributed by atoms with Gasteiger partial charge >= 0.3 is 0 Å². The van der Waals surface area contributed by atoms with Crippen LogP contribution in [0.2, 0.25) is 0 Å². The predicted molar refractivity (Wildman–Crippen MR) is 580 cm³/mol. The van der Waals surface area contributed by atoms with Crippen LogP contribution >= 0.6 is 0 Å². The number of fused-ring (bicyclic) bond motifs is 9. The lowest BCUT2D eigenvalue weighted by Gasteiger charge is -2.14. The molecule has 0 atom stereocenters. The molecule has 0 bridgehead atoms. The largest absolute Gasteiger partial charge is 0.438 e. The Hall–Kier alpha value is -19.0. The van der Waals surface area contributed by atoms with Crippen molar-refractivity contribution < 1.29 is 13.3 Å². The van der Waals surface area contributed by atoms with Crippen LogP contribution in [-0.2, 0) is 0 Å². The Morgan fingerprint density at radius 2 is 0.277 bits per heavy atom. The highest BCUT2D eigenvalue weighted by molar-refractivity contribution is 6.14. The molecule has 26 rings (SSSR count). The number of benzene rings is 20. The number of hydrogen-bond donors (Lipinski definition) is 0. The molecule has 0 aliphatic heterocycles. The highest BCUT2D eigenvalue weighted by Crippen LogP contribution is 2.46. The smallest absolute Gasteiger partial charge is 0.231 e. The molecule has 0 radical (unpaired) electrons. The van der Waals surface area contributed by atoms with Crippen molar-refractivity contribution >= 4 is 66.2 Å². The molecule has 0 unspecified atom stereocenters. The second-order valence-corrected chi connectivity index (χ2v) is 35.1. The summed E-state index contributed by atoms with van der Waals surface area (Å²) >= 11 is 0. The van der Waals surface area contributed by atoms with E-state index < -0.39 is 0 Å². The van der Waals surface area contributed by atoms with Gasteiger partial charge in [0, 0.05) is 49.5 Å². The Balaban J connectivity index is 0.000000115. The van der Waals surface area contributed by atoms with E-state index in [1.807, 2.05) is 103 Å². The summed E-state index contributed by atoms with van der Waals surface area (Å²) in [6.07, 6.45) is 0. The van der Waals surface area contributed by atoms with Crippen molar-refractivity contribution in [2.24, 2.45) is 0 Å². The first-order chi connectivity index (χ1) is 69.8. The number of rotatable bonds is 17. The summed E-state index contributed by atoms with van der Waals surface area (Å²) in [7, 11) is 0. The standard InChI is InChI=1S/2C46H30N2O.C40H26N2O/c1-5-15-31(16-6-1)35-25-36(32-17-7-2-8-18-32)28-39(27-35)44-43-41-23-13-14-24-42(41)49-46(43)48-45(47-44)40-29-37(33-19-9-3-10-20-33)26-38(30-40)34-21-11-4-12-22-34;1-4-14-31(15-5-1)34-20-12-21-35(26-34)36-22-13-23-37(27-36)44-43-41-24-10-11-25-42(41)49-46(43)48-45(47-44)40-29-38(32-16-6-2-7-17-32)28-39(30-40)33-18-8-3-9-19-33;1-4-13-27(14-5-1)30-19-12-20-31(23-30)39-41-38(37-35-21-10-11-22-36(35)43-40(37)42-39)34-25-32(28-15-6-2-7-16-28)24-33(26-34)29-17-8-3-9-18-29/h2*1-30H;1-26H. The van der Waals surface area contributed by atoms with Crippen LogP contribution in [0.4, 0.5) is 0 Å². The summed E-state index contributed by atoms with van der Waals surface area (Å²) in [6, 6.07) is 182. The number of furan rings is 3. The van der Waals surface area contributed by atoms with Crippen molar-refractivity contribution in [3.63, 3.8) is 0 Å². The summed E-state index contributed by atoms with van der Waals surface area (Å²) in [6.45, 7) is 0. The van der Waals surface area contributed by atoms with E-state index in [-0.39, 0.29) is 0 Å². The maximum atomic E-state index is 6.49. The Kier molecular flexibility index (Phi) is 22.9. The van der Waals surface area contributed by atoms with E-state index in [0.29, 0.717) is 34.6 Å². The van der Waals surface area contributed by atoms with Gasteiger partial charge in [-0.05, 0) is 232 Å². The topological polar surface area (TPSA) is 117 Å². The Morgan fingerprint density at radius 3 is 0.539 bits per heavy atom. The van der Waals surface area contributed by atoms with Gasteiger partial charge in [0.1, 0.15) is 16.7 Å². The van der Waals surface area contributed by atoms with Crippen molar-refractivity contribution in [2.75, 3.05) is 0 Å². The molecular formula is C132H86N6O3. The number of hydrogen-bond acceptors (Lipinski definition) is 9. The molecule has 0 fully saturated rings. The second kappa shape index (κ2) is 38.1. The lowest BCUT2D eigenvalue weighted by atomic mass is 9.93. The molecule has 662 valence electrons. The summed E-state index contributed by atoms with van der Waals surface area (Å²) in [4.78, 5) is 31.3. The highest BCUT2D eigenvalue weighted by atomic mass is 16.3. The average molecular weight is 1800 g/mol. The third-order valence-electron chi connectivity index (χ3n) is 26.0. The molecule has 0 saturated heterocycles. The number of aromatic nitrogens is 6. The van der Waals surface area contributed by atoms with Gasteiger partial charge in [0.25, 0.3) is 0 Å². The zero-order chi connectivity index (χ0) is 93.7. The van der Waals surface area contributed by atoms with Crippen LogP contribution in [0.15, 0.2) is 535 Å². The molecule has 26 aromatic rings. The Morgan fingerprint density at radius 1 is 0.113 bits per heavy atom. The van der Waals surface area contributed by atoms with Gasteiger partial charge in [-0.3, -0.25) is 0 Å². The van der Waals surface area contributed by atoms with E-state index in [2.05, 4.69) is 419 Å². The fourth-order valence-corrected chi connectivity index (χ4v) is 19.1. The lowest BCUT2D eigenvalue weighted by molar-refractivity contribution is 0.653. The van der Waals surface area contributed by atoms with Crippen molar-refractivity contribution in [1.29, 1.82) is 0 Å². The summed E-state index contributed by atoms with van der Waals surface area (Å²) in [5.74, 6) is 1.86. The van der Waals surface area contributed by atoms with E-state index in [9.17, 15) is 0 Å². The zero-order valence-electron chi connectivity index (χ0n) is 76.6.